The number of hydrogen-bond acceptors (Lipinski definition) is 5. The minimum Gasteiger partial charge on any atom is -0.497 e. The maximum Gasteiger partial charge on any atom is 0.229 e. The van der Waals surface area contributed by atoms with Crippen LogP contribution in [-0.2, 0) is 10.0 Å². The van der Waals surface area contributed by atoms with E-state index in [0.29, 0.717) is 16.3 Å². The highest BCUT2D eigenvalue weighted by molar-refractivity contribution is 7.92. The molecule has 1 heterocycles. The lowest BCUT2D eigenvalue weighted by Gasteiger charge is -2.09. The van der Waals surface area contributed by atoms with Gasteiger partial charge in [-0.25, -0.2) is 8.42 Å². The molecule has 0 saturated carbocycles. The molecule has 2 aromatic carbocycles. The SMILES string of the molecule is COc1ccc(-n2c(-c3ccc(NS(C)(=O)=O)cc3)n[nH]c2=S)cc1. The molecule has 0 aliphatic carbocycles. The molecular formula is C16H16N4O3S2. The van der Waals surface area contributed by atoms with Crippen molar-refractivity contribution in [2.24, 2.45) is 0 Å². The predicted octanol–water partition coefficient (Wildman–Crippen LogP) is 2.98. The maximum absolute atomic E-state index is 11.3. The third-order valence-corrected chi connectivity index (χ3v) is 4.33. The Balaban J connectivity index is 2.00. The topological polar surface area (TPSA) is 89.0 Å². The van der Waals surface area contributed by atoms with Gasteiger partial charge in [-0.05, 0) is 60.7 Å². The number of H-pyrrole nitrogens is 1. The van der Waals surface area contributed by atoms with Crippen LogP contribution in [0.4, 0.5) is 5.69 Å². The Morgan fingerprint density at radius 2 is 1.76 bits per heavy atom. The first kappa shape index (κ1) is 17.2. The number of aromatic amines is 1. The lowest BCUT2D eigenvalue weighted by atomic mass is 10.2. The summed E-state index contributed by atoms with van der Waals surface area (Å²) in [5.41, 5.74) is 2.12. The first-order valence-corrected chi connectivity index (χ1v) is 9.57. The second kappa shape index (κ2) is 6.69. The summed E-state index contributed by atoms with van der Waals surface area (Å²) in [6, 6.07) is 14.3. The quantitative estimate of drug-likeness (QED) is 0.668. The van der Waals surface area contributed by atoms with Gasteiger partial charge in [-0.15, -0.1) is 0 Å². The monoisotopic (exact) mass is 376 g/mol. The lowest BCUT2D eigenvalue weighted by molar-refractivity contribution is 0.414. The average Bonchev–Trinajstić information content (AvgIpc) is 2.96. The normalized spacial score (nSPS) is 11.3. The molecule has 3 aromatic rings. The van der Waals surface area contributed by atoms with Gasteiger partial charge in [0.1, 0.15) is 5.75 Å². The van der Waals surface area contributed by atoms with Gasteiger partial charge in [0, 0.05) is 11.3 Å². The van der Waals surface area contributed by atoms with Crippen molar-refractivity contribution in [2.45, 2.75) is 0 Å². The number of hydrogen-bond donors (Lipinski definition) is 2. The Bertz CT molecular complexity index is 1040. The van der Waals surface area contributed by atoms with Gasteiger partial charge in [0.15, 0.2) is 10.6 Å². The van der Waals surface area contributed by atoms with E-state index in [2.05, 4.69) is 14.9 Å². The van der Waals surface area contributed by atoms with E-state index in [9.17, 15) is 8.42 Å². The fraction of sp³-hybridized carbons (Fsp3) is 0.125. The van der Waals surface area contributed by atoms with Crippen molar-refractivity contribution in [3.63, 3.8) is 0 Å². The Kier molecular flexibility index (Phi) is 4.60. The summed E-state index contributed by atoms with van der Waals surface area (Å²) in [6.07, 6.45) is 1.11. The van der Waals surface area contributed by atoms with Crippen molar-refractivity contribution >= 4 is 27.9 Å². The molecule has 130 valence electrons. The molecule has 0 fully saturated rings. The third-order valence-electron chi connectivity index (χ3n) is 3.45. The van der Waals surface area contributed by atoms with Crippen LogP contribution in [0.25, 0.3) is 17.1 Å². The number of nitrogens with zero attached hydrogens (tertiary/aromatic N) is 2. The van der Waals surface area contributed by atoms with Crippen molar-refractivity contribution in [2.75, 3.05) is 18.1 Å². The number of sulfonamides is 1. The highest BCUT2D eigenvalue weighted by Crippen LogP contribution is 2.24. The van der Waals surface area contributed by atoms with Gasteiger partial charge in [0.2, 0.25) is 10.0 Å². The van der Waals surface area contributed by atoms with E-state index < -0.39 is 10.0 Å². The molecule has 0 aliphatic rings. The van der Waals surface area contributed by atoms with Gasteiger partial charge in [-0.3, -0.25) is 14.4 Å². The highest BCUT2D eigenvalue weighted by Gasteiger charge is 2.11. The lowest BCUT2D eigenvalue weighted by Crippen LogP contribution is -2.09. The summed E-state index contributed by atoms with van der Waals surface area (Å²) in [4.78, 5) is 0. The zero-order valence-corrected chi connectivity index (χ0v) is 15.2. The Labute approximate surface area is 150 Å². The molecule has 0 bridgehead atoms. The number of nitrogens with one attached hydrogen (secondary N) is 2. The standard InChI is InChI=1S/C16H16N4O3S2/c1-23-14-9-7-13(8-10-14)20-15(17-18-16(20)24)11-3-5-12(6-4-11)19-25(2,21)22/h3-10,19H,1-2H3,(H,18,24). The smallest absolute Gasteiger partial charge is 0.229 e. The molecule has 9 heteroatoms. The number of methoxy groups -OCH3 is 1. The molecule has 0 aliphatic heterocycles. The number of rotatable bonds is 5. The van der Waals surface area contributed by atoms with Gasteiger partial charge in [-0.2, -0.15) is 5.10 Å². The zero-order valence-electron chi connectivity index (χ0n) is 13.6. The number of benzene rings is 2. The van der Waals surface area contributed by atoms with E-state index >= 15 is 0 Å². The highest BCUT2D eigenvalue weighted by atomic mass is 32.2. The van der Waals surface area contributed by atoms with Crippen LogP contribution in [0.15, 0.2) is 48.5 Å². The Morgan fingerprint density at radius 1 is 1.12 bits per heavy atom. The van der Waals surface area contributed by atoms with Gasteiger partial charge in [0.25, 0.3) is 0 Å². The van der Waals surface area contributed by atoms with Crippen LogP contribution in [-0.4, -0.2) is 36.5 Å². The van der Waals surface area contributed by atoms with E-state index in [1.54, 1.807) is 35.9 Å². The fourth-order valence-corrected chi connectivity index (χ4v) is 3.16. The van der Waals surface area contributed by atoms with Crippen LogP contribution in [0, 0.1) is 4.77 Å². The first-order valence-electron chi connectivity index (χ1n) is 7.27. The van der Waals surface area contributed by atoms with Crippen molar-refractivity contribution in [1.29, 1.82) is 0 Å². The summed E-state index contributed by atoms with van der Waals surface area (Å²) in [7, 11) is -1.71. The van der Waals surface area contributed by atoms with Crippen LogP contribution in [0.2, 0.25) is 0 Å². The molecule has 3 rings (SSSR count). The van der Waals surface area contributed by atoms with Crippen LogP contribution in [0.3, 0.4) is 0 Å². The molecule has 0 amide bonds. The van der Waals surface area contributed by atoms with Crippen molar-refractivity contribution in [3.8, 4) is 22.8 Å². The van der Waals surface area contributed by atoms with Crippen LogP contribution >= 0.6 is 12.2 Å². The molecule has 1 aromatic heterocycles. The largest absolute Gasteiger partial charge is 0.497 e. The second-order valence-electron chi connectivity index (χ2n) is 5.34. The minimum absolute atomic E-state index is 0.457. The zero-order chi connectivity index (χ0) is 18.0. The van der Waals surface area contributed by atoms with E-state index in [-0.39, 0.29) is 0 Å². The Morgan fingerprint density at radius 3 is 2.32 bits per heavy atom. The molecule has 0 atom stereocenters. The molecule has 0 saturated heterocycles. The molecular weight excluding hydrogens is 360 g/mol. The minimum atomic E-state index is -3.31. The van der Waals surface area contributed by atoms with Crippen molar-refractivity contribution < 1.29 is 13.2 Å². The van der Waals surface area contributed by atoms with Gasteiger partial charge < -0.3 is 4.74 Å². The Hall–Kier alpha value is -2.65. The third kappa shape index (κ3) is 3.89. The number of ether oxygens (including phenoxy) is 1. The van der Waals surface area contributed by atoms with E-state index in [1.807, 2.05) is 24.3 Å². The average molecular weight is 376 g/mol. The van der Waals surface area contributed by atoms with E-state index in [1.165, 1.54) is 0 Å². The molecule has 2 N–H and O–H groups in total. The molecule has 0 spiro atoms. The van der Waals surface area contributed by atoms with Gasteiger partial charge >= 0.3 is 0 Å². The van der Waals surface area contributed by atoms with E-state index in [0.717, 1.165) is 23.3 Å². The summed E-state index contributed by atoms with van der Waals surface area (Å²) in [6.45, 7) is 0. The maximum atomic E-state index is 11.3. The van der Waals surface area contributed by atoms with Crippen LogP contribution in [0.1, 0.15) is 0 Å². The van der Waals surface area contributed by atoms with Crippen LogP contribution in [0.5, 0.6) is 5.75 Å². The molecule has 0 unspecified atom stereocenters. The molecule has 0 radical (unpaired) electrons. The molecule has 7 nitrogen and oxygen atoms in total. The van der Waals surface area contributed by atoms with E-state index in [4.69, 9.17) is 17.0 Å². The van der Waals surface area contributed by atoms with Crippen molar-refractivity contribution in [3.05, 3.63) is 53.3 Å². The molecule has 25 heavy (non-hydrogen) atoms. The summed E-state index contributed by atoms with van der Waals surface area (Å²) >= 11 is 5.34. The van der Waals surface area contributed by atoms with Gasteiger partial charge in [-0.1, -0.05) is 0 Å². The summed E-state index contributed by atoms with van der Waals surface area (Å²) < 4.78 is 32.4. The summed E-state index contributed by atoms with van der Waals surface area (Å²) in [5, 5.41) is 7.07. The van der Waals surface area contributed by atoms with Gasteiger partial charge in [0.05, 0.1) is 19.1 Å². The predicted molar refractivity (Wildman–Crippen MR) is 99.2 cm³/mol. The fourth-order valence-electron chi connectivity index (χ4n) is 2.36. The van der Waals surface area contributed by atoms with Crippen LogP contribution < -0.4 is 9.46 Å². The van der Waals surface area contributed by atoms with Crippen molar-refractivity contribution in [1.82, 2.24) is 14.8 Å². The summed E-state index contributed by atoms with van der Waals surface area (Å²) in [5.74, 6) is 1.37. The number of aromatic nitrogens is 3. The second-order valence-corrected chi connectivity index (χ2v) is 7.47. The first-order chi connectivity index (χ1) is 11.9. The number of anilines is 1.